The van der Waals surface area contributed by atoms with Gasteiger partial charge in [-0.2, -0.15) is 0 Å². The van der Waals surface area contributed by atoms with Crippen molar-refractivity contribution in [2.75, 3.05) is 13.1 Å². The Morgan fingerprint density at radius 3 is 2.49 bits per heavy atom. The number of rotatable bonds is 7. The van der Waals surface area contributed by atoms with Gasteiger partial charge in [-0.3, -0.25) is 14.5 Å². The molecule has 37 heavy (non-hydrogen) atoms. The van der Waals surface area contributed by atoms with Gasteiger partial charge in [0.15, 0.2) is 0 Å². The van der Waals surface area contributed by atoms with Gasteiger partial charge in [-0.25, -0.2) is 4.98 Å². The maximum Gasteiger partial charge on any atom is 0.246 e. The van der Waals surface area contributed by atoms with Gasteiger partial charge in [-0.1, -0.05) is 74.0 Å². The maximum atomic E-state index is 13.8. The fourth-order valence-electron chi connectivity index (χ4n) is 5.73. The number of aryl methyl sites for hydroxylation is 1. The molecule has 2 amide bonds. The third-order valence-electron chi connectivity index (χ3n) is 7.69. The Morgan fingerprint density at radius 1 is 1.03 bits per heavy atom. The standard InChI is InChI=1S/C30H37N5O2/c1-21(2)16-26-28(36)35(19-23-9-7-8-22(3)17-23)30(29(37)33-26)12-14-34(15-13-30)20-25-18-31-27(32-25)24-10-5-4-6-11-24/h4-11,17-18,21,26H,12-16,19-20H2,1-3H3,(H,31,32)(H,33,37). The zero-order valence-electron chi connectivity index (χ0n) is 22.0. The molecular weight excluding hydrogens is 462 g/mol. The topological polar surface area (TPSA) is 81.3 Å². The number of piperidine rings is 1. The smallest absolute Gasteiger partial charge is 0.246 e. The van der Waals surface area contributed by atoms with Gasteiger partial charge in [0.25, 0.3) is 0 Å². The Bertz CT molecular complexity index is 1240. The van der Waals surface area contributed by atoms with E-state index in [0.29, 0.717) is 31.7 Å². The number of hydrogen-bond acceptors (Lipinski definition) is 4. The van der Waals surface area contributed by atoms with Crippen molar-refractivity contribution in [1.29, 1.82) is 0 Å². The molecule has 2 fully saturated rings. The van der Waals surface area contributed by atoms with Gasteiger partial charge in [0.1, 0.15) is 17.4 Å². The lowest BCUT2D eigenvalue weighted by Gasteiger charge is -2.52. The van der Waals surface area contributed by atoms with Crippen LogP contribution >= 0.6 is 0 Å². The summed E-state index contributed by atoms with van der Waals surface area (Å²) in [5.41, 5.74) is 3.52. The molecular formula is C30H37N5O2. The molecule has 2 saturated heterocycles. The molecule has 1 unspecified atom stereocenters. The van der Waals surface area contributed by atoms with E-state index in [1.54, 1.807) is 0 Å². The number of aromatic amines is 1. The molecule has 3 heterocycles. The fourth-order valence-corrected chi connectivity index (χ4v) is 5.73. The van der Waals surface area contributed by atoms with Crippen LogP contribution < -0.4 is 5.32 Å². The van der Waals surface area contributed by atoms with Gasteiger partial charge in [0.05, 0.1) is 0 Å². The van der Waals surface area contributed by atoms with Crippen LogP contribution in [-0.2, 0) is 22.7 Å². The minimum absolute atomic E-state index is 0.00189. The average molecular weight is 500 g/mol. The highest BCUT2D eigenvalue weighted by molar-refractivity contribution is 6.00. The molecule has 7 nitrogen and oxygen atoms in total. The van der Waals surface area contributed by atoms with Gasteiger partial charge < -0.3 is 15.2 Å². The number of likely N-dealkylation sites (tertiary alicyclic amines) is 1. The molecule has 1 spiro atoms. The molecule has 1 atom stereocenters. The first kappa shape index (κ1) is 25.2. The highest BCUT2D eigenvalue weighted by atomic mass is 16.2. The Balaban J connectivity index is 1.32. The SMILES string of the molecule is Cc1cccc(CN2C(=O)C(CC(C)C)NC(=O)C23CCN(Cc2cnc(-c4ccccc4)[nH]2)CC3)c1. The number of aromatic nitrogens is 2. The van der Waals surface area contributed by atoms with Crippen LogP contribution in [-0.4, -0.2) is 56.3 Å². The van der Waals surface area contributed by atoms with E-state index in [2.05, 4.69) is 59.2 Å². The maximum absolute atomic E-state index is 13.8. The number of nitrogens with zero attached hydrogens (tertiary/aromatic N) is 3. The second-order valence-electron chi connectivity index (χ2n) is 11.0. The Morgan fingerprint density at radius 2 is 1.78 bits per heavy atom. The first-order valence-electron chi connectivity index (χ1n) is 13.3. The number of amides is 2. The van der Waals surface area contributed by atoms with Crippen molar-refractivity contribution in [3.05, 3.63) is 77.6 Å². The van der Waals surface area contributed by atoms with Crippen molar-refractivity contribution in [3.63, 3.8) is 0 Å². The number of H-pyrrole nitrogens is 1. The van der Waals surface area contributed by atoms with Gasteiger partial charge in [-0.05, 0) is 37.7 Å². The van der Waals surface area contributed by atoms with E-state index in [9.17, 15) is 9.59 Å². The zero-order chi connectivity index (χ0) is 26.0. The predicted molar refractivity (Wildman–Crippen MR) is 144 cm³/mol. The van der Waals surface area contributed by atoms with Crippen LogP contribution in [0.25, 0.3) is 11.4 Å². The summed E-state index contributed by atoms with van der Waals surface area (Å²) in [7, 11) is 0. The Kier molecular flexibility index (Phi) is 7.15. The number of imidazole rings is 1. The monoisotopic (exact) mass is 499 g/mol. The van der Waals surface area contributed by atoms with Crippen molar-refractivity contribution >= 4 is 11.8 Å². The number of carbonyl (C=O) groups excluding carboxylic acids is 2. The second-order valence-corrected chi connectivity index (χ2v) is 11.0. The summed E-state index contributed by atoms with van der Waals surface area (Å²) < 4.78 is 0. The molecule has 194 valence electrons. The normalized spacial score (nSPS) is 20.0. The molecule has 3 aromatic rings. The van der Waals surface area contributed by atoms with E-state index in [1.165, 1.54) is 0 Å². The largest absolute Gasteiger partial charge is 0.342 e. The number of nitrogens with one attached hydrogen (secondary N) is 2. The Hall–Kier alpha value is -3.45. The molecule has 5 rings (SSSR count). The summed E-state index contributed by atoms with van der Waals surface area (Å²) in [4.78, 5) is 39.7. The number of carbonyl (C=O) groups is 2. The van der Waals surface area contributed by atoms with Crippen LogP contribution in [0.15, 0.2) is 60.8 Å². The molecule has 0 bridgehead atoms. The van der Waals surface area contributed by atoms with Crippen LogP contribution in [0.4, 0.5) is 0 Å². The van der Waals surface area contributed by atoms with E-state index >= 15 is 0 Å². The number of hydrogen-bond donors (Lipinski definition) is 2. The van der Waals surface area contributed by atoms with Crippen molar-refractivity contribution in [3.8, 4) is 11.4 Å². The summed E-state index contributed by atoms with van der Waals surface area (Å²) >= 11 is 0. The van der Waals surface area contributed by atoms with Crippen LogP contribution in [0.5, 0.6) is 0 Å². The van der Waals surface area contributed by atoms with Crippen LogP contribution in [0.3, 0.4) is 0 Å². The molecule has 2 N–H and O–H groups in total. The highest BCUT2D eigenvalue weighted by Crippen LogP contribution is 2.35. The summed E-state index contributed by atoms with van der Waals surface area (Å²) in [5, 5.41) is 3.11. The lowest BCUT2D eigenvalue weighted by molar-refractivity contribution is -0.162. The van der Waals surface area contributed by atoms with Crippen LogP contribution in [0.1, 0.15) is 49.9 Å². The van der Waals surface area contributed by atoms with Gasteiger partial charge in [0, 0.05) is 43.6 Å². The third-order valence-corrected chi connectivity index (χ3v) is 7.69. The molecule has 7 heteroatoms. The molecule has 0 aliphatic carbocycles. The van der Waals surface area contributed by atoms with Crippen LogP contribution in [0, 0.1) is 12.8 Å². The summed E-state index contributed by atoms with van der Waals surface area (Å²) in [6.07, 6.45) is 3.78. The summed E-state index contributed by atoms with van der Waals surface area (Å²) in [6, 6.07) is 17.9. The van der Waals surface area contributed by atoms with E-state index < -0.39 is 11.6 Å². The quantitative estimate of drug-likeness (QED) is 0.508. The van der Waals surface area contributed by atoms with Gasteiger partial charge in [-0.15, -0.1) is 0 Å². The van der Waals surface area contributed by atoms with Gasteiger partial charge >= 0.3 is 0 Å². The minimum Gasteiger partial charge on any atom is -0.342 e. The predicted octanol–water partition coefficient (Wildman–Crippen LogP) is 4.29. The lowest BCUT2D eigenvalue weighted by Crippen LogP contribution is -2.72. The van der Waals surface area contributed by atoms with E-state index in [1.807, 2.05) is 47.5 Å². The summed E-state index contributed by atoms with van der Waals surface area (Å²) in [5.74, 6) is 1.23. The first-order chi connectivity index (χ1) is 17.8. The molecule has 2 aliphatic heterocycles. The number of piperazine rings is 1. The Labute approximate surface area is 219 Å². The number of benzene rings is 2. The van der Waals surface area contributed by atoms with Gasteiger partial charge in [0.2, 0.25) is 11.8 Å². The lowest BCUT2D eigenvalue weighted by atomic mass is 9.80. The third kappa shape index (κ3) is 5.32. The molecule has 0 saturated carbocycles. The molecule has 0 radical (unpaired) electrons. The molecule has 2 aliphatic rings. The van der Waals surface area contributed by atoms with Crippen LogP contribution in [0.2, 0.25) is 0 Å². The van der Waals surface area contributed by atoms with E-state index in [4.69, 9.17) is 0 Å². The second kappa shape index (κ2) is 10.5. The summed E-state index contributed by atoms with van der Waals surface area (Å²) in [6.45, 7) is 8.91. The minimum atomic E-state index is -0.812. The molecule has 1 aromatic heterocycles. The fraction of sp³-hybridized carbons (Fsp3) is 0.433. The first-order valence-corrected chi connectivity index (χ1v) is 13.3. The van der Waals surface area contributed by atoms with Crippen molar-refractivity contribution in [1.82, 2.24) is 25.1 Å². The molecule has 2 aromatic carbocycles. The van der Waals surface area contributed by atoms with E-state index in [-0.39, 0.29) is 11.8 Å². The van der Waals surface area contributed by atoms with Crippen molar-refractivity contribution in [2.45, 2.75) is 64.7 Å². The highest BCUT2D eigenvalue weighted by Gasteiger charge is 2.53. The average Bonchev–Trinajstić information content (AvgIpc) is 3.35. The zero-order valence-corrected chi connectivity index (χ0v) is 22.0. The van der Waals surface area contributed by atoms with Crippen molar-refractivity contribution < 1.29 is 9.59 Å². The van der Waals surface area contributed by atoms with Crippen molar-refractivity contribution in [2.24, 2.45) is 5.92 Å². The van der Waals surface area contributed by atoms with E-state index in [0.717, 1.165) is 47.8 Å².